The van der Waals surface area contributed by atoms with E-state index in [4.69, 9.17) is 4.52 Å². The summed E-state index contributed by atoms with van der Waals surface area (Å²) in [5.41, 5.74) is 3.94. The second-order valence-corrected chi connectivity index (χ2v) is 7.90. The van der Waals surface area contributed by atoms with Crippen LogP contribution in [0.25, 0.3) is 5.65 Å². The lowest BCUT2D eigenvalue weighted by Gasteiger charge is -2.27. The maximum absolute atomic E-state index is 13.0. The Kier molecular flexibility index (Phi) is 3.26. The molecule has 0 amide bonds. The van der Waals surface area contributed by atoms with Crippen molar-refractivity contribution >= 4 is 15.7 Å². The van der Waals surface area contributed by atoms with Crippen LogP contribution in [0.3, 0.4) is 0 Å². The minimum absolute atomic E-state index is 0.162. The van der Waals surface area contributed by atoms with Gasteiger partial charge in [0.05, 0.1) is 11.4 Å². The Hall–Kier alpha value is -2.26. The molecule has 4 rings (SSSR count). The molecule has 0 unspecified atom stereocenters. The van der Waals surface area contributed by atoms with Crippen molar-refractivity contribution < 1.29 is 12.9 Å². The molecule has 0 saturated heterocycles. The minimum atomic E-state index is -3.65. The number of fused-ring (bicyclic) bond motifs is 3. The molecular weight excluding hydrogens is 330 g/mol. The molecule has 3 aromatic rings. The van der Waals surface area contributed by atoms with Crippen molar-refractivity contribution in [3.05, 3.63) is 40.7 Å². The summed E-state index contributed by atoms with van der Waals surface area (Å²) in [4.78, 5) is 4.54. The van der Waals surface area contributed by atoms with Crippen molar-refractivity contribution in [3.8, 4) is 0 Å². The van der Waals surface area contributed by atoms with Crippen molar-refractivity contribution in [1.82, 2.24) is 24.1 Å². The molecule has 1 aliphatic rings. The van der Waals surface area contributed by atoms with Gasteiger partial charge in [-0.2, -0.15) is 9.40 Å². The Labute approximate surface area is 139 Å². The number of hydrogen-bond donors (Lipinski definition) is 0. The average molecular weight is 347 g/mol. The summed E-state index contributed by atoms with van der Waals surface area (Å²) in [5.74, 6) is 0.314. The van der Waals surface area contributed by atoms with Crippen LogP contribution in [0.5, 0.6) is 0 Å². The van der Waals surface area contributed by atoms with E-state index in [9.17, 15) is 8.42 Å². The highest BCUT2D eigenvalue weighted by molar-refractivity contribution is 7.89. The number of rotatable bonds is 2. The summed E-state index contributed by atoms with van der Waals surface area (Å²) in [6.07, 6.45) is 2.32. The fraction of sp³-hybridized carbons (Fsp3) is 0.400. The van der Waals surface area contributed by atoms with E-state index >= 15 is 0 Å². The van der Waals surface area contributed by atoms with Crippen molar-refractivity contribution in [3.63, 3.8) is 0 Å². The quantitative estimate of drug-likeness (QED) is 0.695. The molecule has 3 aromatic heterocycles. The lowest BCUT2D eigenvalue weighted by molar-refractivity contribution is 0.377. The molecule has 24 heavy (non-hydrogen) atoms. The molecule has 0 N–H and O–H groups in total. The van der Waals surface area contributed by atoms with E-state index in [1.54, 1.807) is 20.0 Å². The molecule has 4 heterocycles. The first-order chi connectivity index (χ1) is 11.4. The second kappa shape index (κ2) is 5.12. The molecule has 0 bridgehead atoms. The van der Waals surface area contributed by atoms with Crippen LogP contribution in [0.4, 0.5) is 0 Å². The van der Waals surface area contributed by atoms with Crippen LogP contribution in [0, 0.1) is 20.8 Å². The summed E-state index contributed by atoms with van der Waals surface area (Å²) < 4.78 is 34.2. The van der Waals surface area contributed by atoms with Gasteiger partial charge in [0.1, 0.15) is 10.6 Å². The first-order valence-corrected chi connectivity index (χ1v) is 9.08. The van der Waals surface area contributed by atoms with Gasteiger partial charge in [0.15, 0.2) is 11.4 Å². The number of sulfonamides is 1. The van der Waals surface area contributed by atoms with Crippen LogP contribution in [-0.2, 0) is 23.0 Å². The van der Waals surface area contributed by atoms with Gasteiger partial charge in [-0.1, -0.05) is 5.16 Å². The smallest absolute Gasteiger partial charge is 0.248 e. The fourth-order valence-electron chi connectivity index (χ4n) is 3.21. The van der Waals surface area contributed by atoms with Gasteiger partial charge >= 0.3 is 0 Å². The van der Waals surface area contributed by atoms with Gasteiger partial charge in [-0.05, 0) is 20.8 Å². The van der Waals surface area contributed by atoms with Gasteiger partial charge in [-0.15, -0.1) is 0 Å². The molecule has 9 heteroatoms. The van der Waals surface area contributed by atoms with Crippen molar-refractivity contribution in [2.75, 3.05) is 6.54 Å². The summed E-state index contributed by atoms with van der Waals surface area (Å²) in [6, 6.07) is 1.91. The van der Waals surface area contributed by atoms with Gasteiger partial charge in [-0.3, -0.25) is 0 Å². The van der Waals surface area contributed by atoms with Gasteiger partial charge in [0.25, 0.3) is 0 Å². The van der Waals surface area contributed by atoms with E-state index in [0.29, 0.717) is 24.4 Å². The minimum Gasteiger partial charge on any atom is -0.360 e. The van der Waals surface area contributed by atoms with Gasteiger partial charge in [0, 0.05) is 37.3 Å². The Morgan fingerprint density at radius 3 is 2.75 bits per heavy atom. The Balaban J connectivity index is 1.76. The number of hydrogen-bond acceptors (Lipinski definition) is 6. The highest BCUT2D eigenvalue weighted by atomic mass is 32.2. The van der Waals surface area contributed by atoms with Crippen LogP contribution in [0.15, 0.2) is 21.7 Å². The first-order valence-electron chi connectivity index (χ1n) is 7.64. The molecule has 1 aliphatic heterocycles. The predicted molar refractivity (Wildman–Crippen MR) is 85.0 cm³/mol. The highest BCUT2D eigenvalue weighted by Gasteiger charge is 2.34. The van der Waals surface area contributed by atoms with Crippen molar-refractivity contribution in [2.24, 2.45) is 0 Å². The third-order valence-electron chi connectivity index (χ3n) is 4.30. The molecular formula is C15H17N5O3S. The average Bonchev–Trinajstić information content (AvgIpc) is 3.08. The number of nitrogens with zero attached hydrogens (tertiary/aromatic N) is 5. The fourth-order valence-corrected chi connectivity index (χ4v) is 4.92. The maximum Gasteiger partial charge on any atom is 0.248 e. The van der Waals surface area contributed by atoms with Crippen molar-refractivity contribution in [2.45, 2.75) is 38.6 Å². The lowest BCUT2D eigenvalue weighted by atomic mass is 10.1. The molecule has 0 atom stereocenters. The normalized spacial score (nSPS) is 15.8. The third-order valence-corrected chi connectivity index (χ3v) is 6.39. The monoisotopic (exact) mass is 347 g/mol. The zero-order valence-electron chi connectivity index (χ0n) is 13.6. The molecule has 0 saturated carbocycles. The molecule has 0 fully saturated rings. The standard InChI is InChI=1S/C15H17N5O3S/c1-9-6-14-16-7-12-8-19(5-4-13(12)20(14)17-9)24(21,22)15-10(2)18-23-11(15)3/h6-7H,4-5,8H2,1-3H3. The predicted octanol–water partition coefficient (Wildman–Crippen LogP) is 1.39. The zero-order chi connectivity index (χ0) is 17.1. The second-order valence-electron chi connectivity index (χ2n) is 6.03. The first kappa shape index (κ1) is 15.3. The zero-order valence-corrected chi connectivity index (χ0v) is 14.5. The van der Waals surface area contributed by atoms with Gasteiger partial charge in [0.2, 0.25) is 10.0 Å². The topological polar surface area (TPSA) is 93.6 Å². The van der Waals surface area contributed by atoms with E-state index in [0.717, 1.165) is 22.6 Å². The Morgan fingerprint density at radius 1 is 1.25 bits per heavy atom. The molecule has 0 aromatic carbocycles. The van der Waals surface area contributed by atoms with E-state index in [2.05, 4.69) is 15.2 Å². The summed E-state index contributed by atoms with van der Waals surface area (Å²) >= 11 is 0. The maximum atomic E-state index is 13.0. The number of aromatic nitrogens is 4. The molecule has 8 nitrogen and oxygen atoms in total. The Bertz CT molecular complexity index is 1030. The van der Waals surface area contributed by atoms with E-state index in [1.165, 1.54) is 4.31 Å². The van der Waals surface area contributed by atoms with Crippen LogP contribution in [0.2, 0.25) is 0 Å². The third kappa shape index (κ3) is 2.15. The van der Waals surface area contributed by atoms with Gasteiger partial charge in [-0.25, -0.2) is 17.9 Å². The van der Waals surface area contributed by atoms with Crippen LogP contribution >= 0.6 is 0 Å². The largest absolute Gasteiger partial charge is 0.360 e. The van der Waals surface area contributed by atoms with Crippen LogP contribution in [0.1, 0.15) is 28.4 Å². The summed E-state index contributed by atoms with van der Waals surface area (Å²) in [7, 11) is -3.65. The van der Waals surface area contributed by atoms with E-state index in [-0.39, 0.29) is 11.4 Å². The lowest BCUT2D eigenvalue weighted by Crippen LogP contribution is -2.37. The highest BCUT2D eigenvalue weighted by Crippen LogP contribution is 2.28. The van der Waals surface area contributed by atoms with Crippen molar-refractivity contribution in [1.29, 1.82) is 0 Å². The molecule has 126 valence electrons. The number of aryl methyl sites for hydroxylation is 3. The molecule has 0 aliphatic carbocycles. The van der Waals surface area contributed by atoms with Crippen LogP contribution < -0.4 is 0 Å². The van der Waals surface area contributed by atoms with Crippen LogP contribution in [-0.4, -0.2) is 39.0 Å². The summed E-state index contributed by atoms with van der Waals surface area (Å²) in [6.45, 7) is 5.82. The summed E-state index contributed by atoms with van der Waals surface area (Å²) in [5, 5.41) is 8.21. The van der Waals surface area contributed by atoms with Gasteiger partial charge < -0.3 is 4.52 Å². The van der Waals surface area contributed by atoms with E-state index < -0.39 is 10.0 Å². The molecule has 0 spiro atoms. The SMILES string of the molecule is Cc1cc2ncc3c(n2n1)CCN(S(=O)(=O)c1c(C)noc1C)C3. The van der Waals surface area contributed by atoms with E-state index in [1.807, 2.05) is 17.5 Å². The Morgan fingerprint density at radius 2 is 2.04 bits per heavy atom. The molecule has 0 radical (unpaired) electrons.